The lowest BCUT2D eigenvalue weighted by Crippen LogP contribution is -2.24. The molecule has 0 aromatic carbocycles. The monoisotopic (exact) mass is 229 g/mol. The van der Waals surface area contributed by atoms with Gasteiger partial charge in [0.15, 0.2) is 4.67 Å². The van der Waals surface area contributed by atoms with Gasteiger partial charge in [0.05, 0.1) is 6.42 Å². The Hall–Kier alpha value is -0.770. The third-order valence-corrected chi connectivity index (χ3v) is 2.28. The maximum absolute atomic E-state index is 11.1. The Morgan fingerprint density at radius 2 is 2.42 bits per heavy atom. The first kappa shape index (κ1) is 7.86. The molecular weight excluding hydrogens is 222 g/mol. The summed E-state index contributed by atoms with van der Waals surface area (Å²) >= 11 is 3.24. The number of carbonyl (C=O) groups excluding carboxylic acids is 1. The molecule has 0 aliphatic carbocycles. The van der Waals surface area contributed by atoms with Crippen LogP contribution < -0.4 is 5.32 Å². The van der Waals surface area contributed by atoms with Crippen LogP contribution in [0.4, 0.5) is 0 Å². The number of nitrogens with one attached hydrogen (secondary N) is 1. The second kappa shape index (κ2) is 2.94. The number of carbonyl (C=O) groups is 1. The second-order valence-electron chi connectivity index (χ2n) is 2.78. The van der Waals surface area contributed by atoms with Crippen LogP contribution in [0.1, 0.15) is 11.3 Å². The summed E-state index contributed by atoms with van der Waals surface area (Å²) in [5.41, 5.74) is 0.997. The zero-order valence-electron chi connectivity index (χ0n) is 6.39. The molecule has 64 valence electrons. The van der Waals surface area contributed by atoms with Gasteiger partial charge < -0.3 is 9.73 Å². The van der Waals surface area contributed by atoms with Gasteiger partial charge in [-0.3, -0.25) is 4.79 Å². The van der Waals surface area contributed by atoms with E-state index in [0.29, 0.717) is 17.6 Å². The molecule has 0 bridgehead atoms. The fourth-order valence-electron chi connectivity index (χ4n) is 1.34. The summed E-state index contributed by atoms with van der Waals surface area (Å²) in [6.07, 6.45) is 1.22. The van der Waals surface area contributed by atoms with Crippen LogP contribution in [0.3, 0.4) is 0 Å². The molecule has 2 heterocycles. The highest BCUT2D eigenvalue weighted by Gasteiger charge is 2.16. The molecule has 3 nitrogen and oxygen atoms in total. The molecule has 0 radical (unpaired) electrons. The van der Waals surface area contributed by atoms with Crippen LogP contribution in [-0.4, -0.2) is 12.5 Å². The Kier molecular flexibility index (Phi) is 1.92. The van der Waals surface area contributed by atoms with Gasteiger partial charge >= 0.3 is 0 Å². The van der Waals surface area contributed by atoms with Crippen molar-refractivity contribution < 1.29 is 9.21 Å². The normalized spacial score (nSPS) is 16.6. The summed E-state index contributed by atoms with van der Waals surface area (Å²) in [6, 6.07) is 1.86. The van der Waals surface area contributed by atoms with Crippen molar-refractivity contribution in [2.45, 2.75) is 12.8 Å². The number of fused-ring (bicyclic) bond motifs is 1. The predicted octanol–water partition coefficient (Wildman–Crippen LogP) is 1.26. The molecule has 1 aromatic rings. The van der Waals surface area contributed by atoms with Gasteiger partial charge in [0, 0.05) is 18.5 Å². The van der Waals surface area contributed by atoms with E-state index in [4.69, 9.17) is 4.42 Å². The zero-order valence-corrected chi connectivity index (χ0v) is 7.98. The van der Waals surface area contributed by atoms with Gasteiger partial charge in [-0.1, -0.05) is 0 Å². The zero-order chi connectivity index (χ0) is 8.55. The van der Waals surface area contributed by atoms with E-state index in [1.54, 1.807) is 0 Å². The highest BCUT2D eigenvalue weighted by atomic mass is 79.9. The Bertz CT molecular complexity index is 319. The van der Waals surface area contributed by atoms with Crippen LogP contribution in [0.15, 0.2) is 15.2 Å². The maximum atomic E-state index is 11.1. The van der Waals surface area contributed by atoms with Crippen molar-refractivity contribution in [1.82, 2.24) is 5.32 Å². The van der Waals surface area contributed by atoms with Crippen molar-refractivity contribution in [1.29, 1.82) is 0 Å². The third kappa shape index (κ3) is 1.39. The van der Waals surface area contributed by atoms with Crippen LogP contribution in [0.25, 0.3) is 0 Å². The quantitative estimate of drug-likeness (QED) is 0.728. The van der Waals surface area contributed by atoms with E-state index < -0.39 is 0 Å². The summed E-state index contributed by atoms with van der Waals surface area (Å²) < 4.78 is 6.07. The van der Waals surface area contributed by atoms with Crippen molar-refractivity contribution in [2.24, 2.45) is 0 Å². The maximum Gasteiger partial charge on any atom is 0.224 e. The fraction of sp³-hybridized carbons (Fsp3) is 0.375. The van der Waals surface area contributed by atoms with E-state index >= 15 is 0 Å². The van der Waals surface area contributed by atoms with Gasteiger partial charge in [-0.15, -0.1) is 0 Å². The Balaban J connectivity index is 2.36. The molecule has 1 aromatic heterocycles. The SMILES string of the molecule is O=C1Cc2cc(Br)oc2CCN1. The topological polar surface area (TPSA) is 42.2 Å². The molecule has 0 saturated carbocycles. The lowest BCUT2D eigenvalue weighted by molar-refractivity contribution is -0.120. The molecule has 1 N–H and O–H groups in total. The van der Waals surface area contributed by atoms with Crippen molar-refractivity contribution in [3.63, 3.8) is 0 Å². The number of hydrogen-bond acceptors (Lipinski definition) is 2. The molecule has 0 atom stereocenters. The van der Waals surface area contributed by atoms with Crippen LogP contribution in [0.2, 0.25) is 0 Å². The van der Waals surface area contributed by atoms with E-state index in [1.165, 1.54) is 0 Å². The van der Waals surface area contributed by atoms with E-state index in [9.17, 15) is 4.79 Å². The standard InChI is InChI=1S/C8H8BrNO2/c9-7-3-5-4-8(11)10-2-1-6(5)12-7/h3H,1-2,4H2,(H,10,11). The van der Waals surface area contributed by atoms with Gasteiger partial charge in [-0.2, -0.15) is 0 Å². The minimum Gasteiger partial charge on any atom is -0.454 e. The Morgan fingerprint density at radius 1 is 1.58 bits per heavy atom. The molecular formula is C8H8BrNO2. The van der Waals surface area contributed by atoms with E-state index in [-0.39, 0.29) is 5.91 Å². The first-order valence-electron chi connectivity index (χ1n) is 3.79. The molecule has 12 heavy (non-hydrogen) atoms. The molecule has 1 amide bonds. The van der Waals surface area contributed by atoms with Crippen molar-refractivity contribution in [3.05, 3.63) is 22.1 Å². The summed E-state index contributed by atoms with van der Waals surface area (Å²) in [6.45, 7) is 0.672. The number of furan rings is 1. The summed E-state index contributed by atoms with van der Waals surface area (Å²) in [7, 11) is 0. The predicted molar refractivity (Wildman–Crippen MR) is 46.8 cm³/mol. The molecule has 0 unspecified atom stereocenters. The van der Waals surface area contributed by atoms with E-state index in [2.05, 4.69) is 21.2 Å². The smallest absolute Gasteiger partial charge is 0.224 e. The lowest BCUT2D eigenvalue weighted by Gasteiger charge is -1.95. The Labute approximate surface area is 78.3 Å². The van der Waals surface area contributed by atoms with Crippen LogP contribution in [0, 0.1) is 0 Å². The minimum atomic E-state index is 0.0713. The van der Waals surface area contributed by atoms with E-state index in [1.807, 2.05) is 6.07 Å². The van der Waals surface area contributed by atoms with Crippen molar-refractivity contribution >= 4 is 21.8 Å². The van der Waals surface area contributed by atoms with Gasteiger partial charge in [-0.05, 0) is 22.0 Å². The van der Waals surface area contributed by atoms with Crippen molar-refractivity contribution in [3.8, 4) is 0 Å². The summed E-state index contributed by atoms with van der Waals surface area (Å²) in [5, 5.41) is 2.78. The number of halogens is 1. The van der Waals surface area contributed by atoms with Gasteiger partial charge in [0.25, 0.3) is 0 Å². The minimum absolute atomic E-state index is 0.0713. The lowest BCUT2D eigenvalue weighted by atomic mass is 10.2. The van der Waals surface area contributed by atoms with Gasteiger partial charge in [0.2, 0.25) is 5.91 Å². The fourth-order valence-corrected chi connectivity index (χ4v) is 1.81. The number of amides is 1. The average molecular weight is 230 g/mol. The Morgan fingerprint density at radius 3 is 3.25 bits per heavy atom. The highest BCUT2D eigenvalue weighted by molar-refractivity contribution is 9.10. The van der Waals surface area contributed by atoms with Gasteiger partial charge in [-0.25, -0.2) is 0 Å². The molecule has 4 heteroatoms. The third-order valence-electron chi connectivity index (χ3n) is 1.89. The second-order valence-corrected chi connectivity index (χ2v) is 3.56. The average Bonchev–Trinajstić information content (AvgIpc) is 2.23. The molecule has 2 rings (SSSR count). The molecule has 0 saturated heterocycles. The number of rotatable bonds is 0. The van der Waals surface area contributed by atoms with Crippen LogP contribution >= 0.6 is 15.9 Å². The first-order chi connectivity index (χ1) is 5.75. The van der Waals surface area contributed by atoms with Gasteiger partial charge in [0.1, 0.15) is 5.76 Å². The first-order valence-corrected chi connectivity index (χ1v) is 4.59. The molecule has 0 spiro atoms. The molecule has 1 aliphatic rings. The highest BCUT2D eigenvalue weighted by Crippen LogP contribution is 2.22. The molecule has 0 fully saturated rings. The largest absolute Gasteiger partial charge is 0.454 e. The number of hydrogen-bond donors (Lipinski definition) is 1. The summed E-state index contributed by atoms with van der Waals surface area (Å²) in [5.74, 6) is 0.988. The van der Waals surface area contributed by atoms with Crippen LogP contribution in [0.5, 0.6) is 0 Å². The van der Waals surface area contributed by atoms with Crippen molar-refractivity contribution in [2.75, 3.05) is 6.54 Å². The molecule has 1 aliphatic heterocycles. The van der Waals surface area contributed by atoms with E-state index in [0.717, 1.165) is 17.7 Å². The summed E-state index contributed by atoms with van der Waals surface area (Å²) in [4.78, 5) is 11.1. The van der Waals surface area contributed by atoms with Crippen LogP contribution in [-0.2, 0) is 17.6 Å².